The molecule has 0 amide bonds. The molecule has 0 spiro atoms. The first kappa shape index (κ1) is 11.1. The van der Waals surface area contributed by atoms with Crippen molar-refractivity contribution in [3.8, 4) is 0 Å². The lowest BCUT2D eigenvalue weighted by Gasteiger charge is -2.03. The molecule has 2 heterocycles. The third-order valence-electron chi connectivity index (χ3n) is 2.36. The third kappa shape index (κ3) is 1.82. The SMILES string of the molecule is C=C/C=C(\C=C)c1nc(N)c2ncn(C)c2n1. The first-order valence-corrected chi connectivity index (χ1v) is 5.07. The van der Waals surface area contributed by atoms with Gasteiger partial charge in [0.2, 0.25) is 0 Å². The van der Waals surface area contributed by atoms with E-state index in [-0.39, 0.29) is 0 Å². The first-order valence-electron chi connectivity index (χ1n) is 5.07. The summed E-state index contributed by atoms with van der Waals surface area (Å²) < 4.78 is 1.80. The van der Waals surface area contributed by atoms with E-state index in [4.69, 9.17) is 5.73 Å². The Bertz CT molecular complexity index is 621. The van der Waals surface area contributed by atoms with E-state index in [1.54, 1.807) is 29.1 Å². The lowest BCUT2D eigenvalue weighted by atomic mass is 10.2. The number of nitrogens with two attached hydrogens (primary N) is 1. The summed E-state index contributed by atoms with van der Waals surface area (Å²) in [6.45, 7) is 7.35. The van der Waals surface area contributed by atoms with Crippen LogP contribution in [-0.2, 0) is 7.05 Å². The molecule has 0 saturated heterocycles. The van der Waals surface area contributed by atoms with E-state index in [1.165, 1.54) is 0 Å². The monoisotopic (exact) mass is 227 g/mol. The van der Waals surface area contributed by atoms with Gasteiger partial charge < -0.3 is 10.3 Å². The molecule has 0 aliphatic rings. The van der Waals surface area contributed by atoms with E-state index in [0.717, 1.165) is 5.57 Å². The van der Waals surface area contributed by atoms with Crippen molar-refractivity contribution in [1.29, 1.82) is 0 Å². The summed E-state index contributed by atoms with van der Waals surface area (Å²) in [6.07, 6.45) is 6.76. The van der Waals surface area contributed by atoms with Gasteiger partial charge in [0.1, 0.15) is 5.52 Å². The molecule has 0 aliphatic carbocycles. The molecule has 2 aromatic rings. The molecular formula is C12H13N5. The number of allylic oxidation sites excluding steroid dienone is 4. The summed E-state index contributed by atoms with van der Waals surface area (Å²) in [7, 11) is 1.86. The van der Waals surface area contributed by atoms with Gasteiger partial charge in [-0.15, -0.1) is 0 Å². The van der Waals surface area contributed by atoms with Gasteiger partial charge in [-0.2, -0.15) is 0 Å². The zero-order chi connectivity index (χ0) is 12.4. The van der Waals surface area contributed by atoms with Crippen molar-refractivity contribution >= 4 is 22.6 Å². The molecule has 5 heteroatoms. The zero-order valence-electron chi connectivity index (χ0n) is 9.59. The molecule has 0 radical (unpaired) electrons. The maximum Gasteiger partial charge on any atom is 0.165 e. The molecule has 2 aromatic heterocycles. The van der Waals surface area contributed by atoms with Gasteiger partial charge in [-0.1, -0.05) is 31.4 Å². The Morgan fingerprint density at radius 1 is 1.41 bits per heavy atom. The van der Waals surface area contributed by atoms with Crippen molar-refractivity contribution in [2.45, 2.75) is 0 Å². The van der Waals surface area contributed by atoms with Gasteiger partial charge in [0, 0.05) is 12.6 Å². The number of nitrogens with zero attached hydrogens (tertiary/aromatic N) is 4. The average molecular weight is 227 g/mol. The minimum Gasteiger partial charge on any atom is -0.382 e. The van der Waals surface area contributed by atoms with Crippen LogP contribution >= 0.6 is 0 Å². The number of rotatable bonds is 3. The molecule has 0 bridgehead atoms. The van der Waals surface area contributed by atoms with Gasteiger partial charge in [0.15, 0.2) is 17.3 Å². The predicted octanol–water partition coefficient (Wildman–Crippen LogP) is 1.70. The lowest BCUT2D eigenvalue weighted by Crippen LogP contribution is -2.01. The lowest BCUT2D eigenvalue weighted by molar-refractivity contribution is 0.926. The highest BCUT2D eigenvalue weighted by molar-refractivity contribution is 5.84. The number of aromatic nitrogens is 4. The number of hydrogen-bond donors (Lipinski definition) is 1. The second kappa shape index (κ2) is 4.21. The molecule has 0 aliphatic heterocycles. The van der Waals surface area contributed by atoms with E-state index in [1.807, 2.05) is 7.05 Å². The molecule has 2 N–H and O–H groups in total. The first-order chi connectivity index (χ1) is 8.17. The van der Waals surface area contributed by atoms with Crippen molar-refractivity contribution in [2.24, 2.45) is 7.05 Å². The molecule has 2 rings (SSSR count). The van der Waals surface area contributed by atoms with Gasteiger partial charge in [-0.05, 0) is 0 Å². The standard InChI is InChI=1S/C12H13N5/c1-4-6-8(5-2)11-15-10(13)9-12(16-11)17(3)7-14-9/h4-7H,1-2H2,3H3,(H2,13,15,16)/b8-6+. The van der Waals surface area contributed by atoms with Crippen molar-refractivity contribution in [3.05, 3.63) is 43.5 Å². The van der Waals surface area contributed by atoms with Crippen LogP contribution in [0, 0.1) is 0 Å². The Hall–Kier alpha value is -2.43. The third-order valence-corrected chi connectivity index (χ3v) is 2.36. The largest absolute Gasteiger partial charge is 0.382 e. The van der Waals surface area contributed by atoms with Gasteiger partial charge in [0.25, 0.3) is 0 Å². The van der Waals surface area contributed by atoms with Crippen LogP contribution in [0.3, 0.4) is 0 Å². The summed E-state index contributed by atoms with van der Waals surface area (Å²) in [6, 6.07) is 0. The van der Waals surface area contributed by atoms with Gasteiger partial charge in [-0.25, -0.2) is 15.0 Å². The van der Waals surface area contributed by atoms with Crippen molar-refractivity contribution in [1.82, 2.24) is 19.5 Å². The van der Waals surface area contributed by atoms with Crippen molar-refractivity contribution in [2.75, 3.05) is 5.73 Å². The van der Waals surface area contributed by atoms with Crippen LogP contribution in [0.25, 0.3) is 16.7 Å². The van der Waals surface area contributed by atoms with Crippen LogP contribution in [0.5, 0.6) is 0 Å². The van der Waals surface area contributed by atoms with E-state index in [0.29, 0.717) is 22.8 Å². The molecule has 0 unspecified atom stereocenters. The summed E-state index contributed by atoms with van der Waals surface area (Å²) in [5, 5.41) is 0. The number of imidazole rings is 1. The Labute approximate surface area is 99.0 Å². The number of fused-ring (bicyclic) bond motifs is 1. The van der Waals surface area contributed by atoms with Crippen LogP contribution in [0.15, 0.2) is 37.7 Å². The van der Waals surface area contributed by atoms with E-state index in [9.17, 15) is 0 Å². The summed E-state index contributed by atoms with van der Waals surface area (Å²) in [5.74, 6) is 0.885. The van der Waals surface area contributed by atoms with Gasteiger partial charge in [-0.3, -0.25) is 0 Å². The van der Waals surface area contributed by atoms with E-state index >= 15 is 0 Å². The highest BCUT2D eigenvalue weighted by Crippen LogP contribution is 2.19. The Morgan fingerprint density at radius 3 is 2.82 bits per heavy atom. The molecule has 5 nitrogen and oxygen atoms in total. The fourth-order valence-corrected chi connectivity index (χ4v) is 1.52. The van der Waals surface area contributed by atoms with E-state index < -0.39 is 0 Å². The Balaban J connectivity index is 2.71. The molecule has 17 heavy (non-hydrogen) atoms. The van der Waals surface area contributed by atoms with Crippen LogP contribution in [0.4, 0.5) is 5.82 Å². The average Bonchev–Trinajstić information content (AvgIpc) is 2.69. The molecule has 0 fully saturated rings. The Kier molecular flexibility index (Phi) is 2.74. The number of aryl methyl sites for hydroxylation is 1. The second-order valence-corrected chi connectivity index (χ2v) is 3.52. The predicted molar refractivity (Wildman–Crippen MR) is 69.1 cm³/mol. The number of nitrogen functional groups attached to an aromatic ring is 1. The fraction of sp³-hybridized carbons (Fsp3) is 0.0833. The molecule has 86 valence electrons. The molecular weight excluding hydrogens is 214 g/mol. The van der Waals surface area contributed by atoms with E-state index in [2.05, 4.69) is 28.1 Å². The number of hydrogen-bond acceptors (Lipinski definition) is 4. The highest BCUT2D eigenvalue weighted by atomic mass is 15.1. The van der Waals surface area contributed by atoms with Crippen LogP contribution in [0.2, 0.25) is 0 Å². The maximum absolute atomic E-state index is 5.84. The number of anilines is 1. The van der Waals surface area contributed by atoms with Crippen molar-refractivity contribution in [3.63, 3.8) is 0 Å². The molecule has 0 saturated carbocycles. The van der Waals surface area contributed by atoms with Gasteiger partial charge in [0.05, 0.1) is 6.33 Å². The van der Waals surface area contributed by atoms with Crippen molar-refractivity contribution < 1.29 is 0 Å². The Morgan fingerprint density at radius 2 is 2.18 bits per heavy atom. The molecule has 0 atom stereocenters. The fourth-order valence-electron chi connectivity index (χ4n) is 1.52. The summed E-state index contributed by atoms with van der Waals surface area (Å²) in [5.41, 5.74) is 7.93. The smallest absolute Gasteiger partial charge is 0.165 e. The minimum atomic E-state index is 0.363. The van der Waals surface area contributed by atoms with Crippen LogP contribution < -0.4 is 5.73 Å². The zero-order valence-corrected chi connectivity index (χ0v) is 9.59. The normalized spacial score (nSPS) is 11.7. The van der Waals surface area contributed by atoms with Gasteiger partial charge >= 0.3 is 0 Å². The topological polar surface area (TPSA) is 69.6 Å². The minimum absolute atomic E-state index is 0.363. The second-order valence-electron chi connectivity index (χ2n) is 3.52. The van der Waals surface area contributed by atoms with Crippen LogP contribution in [0.1, 0.15) is 5.82 Å². The molecule has 0 aromatic carbocycles. The van der Waals surface area contributed by atoms with Crippen LogP contribution in [-0.4, -0.2) is 19.5 Å². The summed E-state index contributed by atoms with van der Waals surface area (Å²) >= 11 is 0. The highest BCUT2D eigenvalue weighted by Gasteiger charge is 2.10. The summed E-state index contributed by atoms with van der Waals surface area (Å²) in [4.78, 5) is 12.8. The quantitative estimate of drug-likeness (QED) is 0.810. The maximum atomic E-state index is 5.84.